The maximum absolute atomic E-state index is 12.6. The Morgan fingerprint density at radius 3 is 2.74 bits per heavy atom. The van der Waals surface area contributed by atoms with Gasteiger partial charge in [-0.1, -0.05) is 6.07 Å². The summed E-state index contributed by atoms with van der Waals surface area (Å²) >= 11 is 0. The lowest BCUT2D eigenvalue weighted by Crippen LogP contribution is -2.51. The molecule has 0 atom stereocenters. The molecule has 0 aromatic carbocycles. The maximum atomic E-state index is 12.6. The van der Waals surface area contributed by atoms with E-state index in [1.807, 2.05) is 45.5 Å². The standard InChI is InChI=1S/C18H22N8O/c1-23(12-15-4-2-3-6-19-15)13-17(27)25-10-8-24(9-11-25)16-5-7-20-18-22-21-14-26(16)18/h2-7,14H,8-13H2,1H3. The van der Waals surface area contributed by atoms with Crippen LogP contribution in [-0.2, 0) is 11.3 Å². The number of hydrogen-bond donors (Lipinski definition) is 0. The summed E-state index contributed by atoms with van der Waals surface area (Å²) in [5.41, 5.74) is 0.966. The molecule has 1 aliphatic heterocycles. The first-order chi connectivity index (χ1) is 13.2. The molecule has 0 spiro atoms. The molecule has 0 N–H and O–H groups in total. The minimum Gasteiger partial charge on any atom is -0.354 e. The fourth-order valence-electron chi connectivity index (χ4n) is 3.33. The van der Waals surface area contributed by atoms with Gasteiger partial charge in [-0.25, -0.2) is 4.98 Å². The Morgan fingerprint density at radius 2 is 1.96 bits per heavy atom. The molecule has 1 aliphatic rings. The van der Waals surface area contributed by atoms with Crippen LogP contribution < -0.4 is 4.90 Å². The third-order valence-corrected chi connectivity index (χ3v) is 4.71. The molecule has 140 valence electrons. The molecule has 27 heavy (non-hydrogen) atoms. The van der Waals surface area contributed by atoms with E-state index in [-0.39, 0.29) is 5.91 Å². The fourth-order valence-corrected chi connectivity index (χ4v) is 3.33. The SMILES string of the molecule is CN(CC(=O)N1CCN(c2ccnc3nncn23)CC1)Cc1ccccn1. The molecule has 3 aromatic rings. The van der Waals surface area contributed by atoms with Gasteiger partial charge >= 0.3 is 0 Å². The number of fused-ring (bicyclic) bond motifs is 1. The van der Waals surface area contributed by atoms with Crippen molar-refractivity contribution in [2.24, 2.45) is 0 Å². The Balaban J connectivity index is 1.32. The van der Waals surface area contributed by atoms with E-state index in [0.29, 0.717) is 32.0 Å². The van der Waals surface area contributed by atoms with Crippen LogP contribution in [0.5, 0.6) is 0 Å². The van der Waals surface area contributed by atoms with E-state index in [1.54, 1.807) is 18.7 Å². The molecule has 9 nitrogen and oxygen atoms in total. The highest BCUT2D eigenvalue weighted by molar-refractivity contribution is 5.78. The molecule has 0 saturated carbocycles. The molecule has 0 aliphatic carbocycles. The predicted molar refractivity (Wildman–Crippen MR) is 100 cm³/mol. The molecule has 1 saturated heterocycles. The molecule has 0 bridgehead atoms. The van der Waals surface area contributed by atoms with E-state index in [0.717, 1.165) is 24.6 Å². The molecule has 9 heteroatoms. The molecular weight excluding hydrogens is 344 g/mol. The van der Waals surface area contributed by atoms with E-state index in [9.17, 15) is 4.79 Å². The third kappa shape index (κ3) is 3.87. The lowest BCUT2D eigenvalue weighted by Gasteiger charge is -2.36. The smallest absolute Gasteiger partial charge is 0.256 e. The fraction of sp³-hybridized carbons (Fsp3) is 0.389. The Bertz CT molecular complexity index is 904. The van der Waals surface area contributed by atoms with E-state index in [2.05, 4.69) is 25.1 Å². The normalized spacial score (nSPS) is 14.9. The summed E-state index contributed by atoms with van der Waals surface area (Å²) in [6.45, 7) is 3.99. The Morgan fingerprint density at radius 1 is 1.11 bits per heavy atom. The Labute approximate surface area is 157 Å². The quantitative estimate of drug-likeness (QED) is 0.642. The van der Waals surface area contributed by atoms with Crippen LogP contribution in [-0.4, -0.2) is 80.0 Å². The summed E-state index contributed by atoms with van der Waals surface area (Å²) in [5.74, 6) is 1.74. The molecule has 0 unspecified atom stereocenters. The molecule has 1 amide bonds. The van der Waals surface area contributed by atoms with Crippen LogP contribution in [0, 0.1) is 0 Å². The van der Waals surface area contributed by atoms with E-state index in [1.165, 1.54) is 0 Å². The predicted octanol–water partition coefficient (Wildman–Crippen LogP) is 0.300. The van der Waals surface area contributed by atoms with Crippen molar-refractivity contribution in [2.75, 3.05) is 44.7 Å². The van der Waals surface area contributed by atoms with E-state index < -0.39 is 0 Å². The third-order valence-electron chi connectivity index (χ3n) is 4.71. The van der Waals surface area contributed by atoms with E-state index >= 15 is 0 Å². The zero-order valence-electron chi connectivity index (χ0n) is 15.3. The number of carbonyl (C=O) groups excluding carboxylic acids is 1. The minimum absolute atomic E-state index is 0.150. The van der Waals surface area contributed by atoms with Gasteiger partial charge in [-0.15, -0.1) is 10.2 Å². The van der Waals surface area contributed by atoms with Gasteiger partial charge in [-0.05, 0) is 25.2 Å². The van der Waals surface area contributed by atoms with Crippen LogP contribution in [0.1, 0.15) is 5.69 Å². The topological polar surface area (TPSA) is 82.8 Å². The van der Waals surface area contributed by atoms with Gasteiger partial charge < -0.3 is 9.80 Å². The second-order valence-corrected chi connectivity index (χ2v) is 6.67. The summed E-state index contributed by atoms with van der Waals surface area (Å²) in [4.78, 5) is 27.3. The first-order valence-electron chi connectivity index (χ1n) is 8.96. The van der Waals surface area contributed by atoms with Crippen molar-refractivity contribution in [3.05, 3.63) is 48.7 Å². The number of anilines is 1. The van der Waals surface area contributed by atoms with Gasteiger partial charge in [-0.2, -0.15) is 0 Å². The van der Waals surface area contributed by atoms with Gasteiger partial charge in [0.15, 0.2) is 0 Å². The van der Waals surface area contributed by atoms with E-state index in [4.69, 9.17) is 0 Å². The average Bonchev–Trinajstić information content (AvgIpc) is 3.17. The average molecular weight is 366 g/mol. The highest BCUT2D eigenvalue weighted by Gasteiger charge is 2.23. The van der Waals surface area contributed by atoms with Gasteiger partial charge in [-0.3, -0.25) is 19.1 Å². The monoisotopic (exact) mass is 366 g/mol. The summed E-state index contributed by atoms with van der Waals surface area (Å²) < 4.78 is 1.87. The Hall–Kier alpha value is -3.07. The van der Waals surface area contributed by atoms with Gasteiger partial charge in [0.05, 0.1) is 12.2 Å². The Kier molecular flexibility index (Phi) is 4.93. The number of pyridine rings is 1. The minimum atomic E-state index is 0.150. The van der Waals surface area contributed by atoms with Gasteiger partial charge in [0.25, 0.3) is 5.78 Å². The van der Waals surface area contributed by atoms with Gasteiger partial charge in [0.1, 0.15) is 12.1 Å². The largest absolute Gasteiger partial charge is 0.354 e. The summed E-state index contributed by atoms with van der Waals surface area (Å²) in [6.07, 6.45) is 5.18. The van der Waals surface area contributed by atoms with Crippen molar-refractivity contribution >= 4 is 17.5 Å². The number of rotatable bonds is 5. The number of nitrogens with zero attached hydrogens (tertiary/aromatic N) is 8. The summed E-state index contributed by atoms with van der Waals surface area (Å²) in [6, 6.07) is 7.78. The lowest BCUT2D eigenvalue weighted by molar-refractivity contribution is -0.132. The van der Waals surface area contributed by atoms with Crippen molar-refractivity contribution in [2.45, 2.75) is 6.54 Å². The van der Waals surface area contributed by atoms with Crippen LogP contribution >= 0.6 is 0 Å². The van der Waals surface area contributed by atoms with Crippen LogP contribution in [0.25, 0.3) is 5.78 Å². The first-order valence-corrected chi connectivity index (χ1v) is 8.96. The van der Waals surface area contributed by atoms with Crippen molar-refractivity contribution in [1.82, 2.24) is 34.4 Å². The molecular formula is C18H22N8O. The van der Waals surface area contributed by atoms with Crippen molar-refractivity contribution in [1.29, 1.82) is 0 Å². The van der Waals surface area contributed by atoms with Crippen LogP contribution in [0.3, 0.4) is 0 Å². The molecule has 1 fully saturated rings. The van der Waals surface area contributed by atoms with Crippen molar-refractivity contribution < 1.29 is 4.79 Å². The first kappa shape index (κ1) is 17.3. The summed E-state index contributed by atoms with van der Waals surface area (Å²) in [7, 11) is 1.95. The van der Waals surface area contributed by atoms with Gasteiger partial charge in [0, 0.05) is 45.1 Å². The number of amides is 1. The molecule has 4 rings (SSSR count). The maximum Gasteiger partial charge on any atom is 0.256 e. The highest BCUT2D eigenvalue weighted by Crippen LogP contribution is 2.16. The molecule has 3 aromatic heterocycles. The number of aromatic nitrogens is 5. The second kappa shape index (κ2) is 7.67. The van der Waals surface area contributed by atoms with Crippen molar-refractivity contribution in [3.63, 3.8) is 0 Å². The van der Waals surface area contributed by atoms with Crippen LogP contribution in [0.2, 0.25) is 0 Å². The number of carbonyl (C=O) groups is 1. The van der Waals surface area contributed by atoms with Gasteiger partial charge in [0.2, 0.25) is 5.91 Å². The van der Waals surface area contributed by atoms with Crippen molar-refractivity contribution in [3.8, 4) is 0 Å². The zero-order chi connectivity index (χ0) is 18.6. The number of likely N-dealkylation sites (N-methyl/N-ethyl adjacent to an activating group) is 1. The highest BCUT2D eigenvalue weighted by atomic mass is 16.2. The summed E-state index contributed by atoms with van der Waals surface area (Å²) in [5, 5.41) is 7.90. The zero-order valence-corrected chi connectivity index (χ0v) is 15.3. The van der Waals surface area contributed by atoms with Crippen LogP contribution in [0.15, 0.2) is 43.0 Å². The molecule has 0 radical (unpaired) electrons. The number of hydrogen-bond acceptors (Lipinski definition) is 7. The molecule has 4 heterocycles. The second-order valence-electron chi connectivity index (χ2n) is 6.67. The number of piperazine rings is 1. The van der Waals surface area contributed by atoms with Crippen LogP contribution in [0.4, 0.5) is 5.82 Å². The lowest BCUT2D eigenvalue weighted by atomic mass is 10.3.